The first-order valence-corrected chi connectivity index (χ1v) is 8.97. The van der Waals surface area contributed by atoms with Gasteiger partial charge in [-0.25, -0.2) is 10.1 Å². The first-order valence-electron chi connectivity index (χ1n) is 8.60. The van der Waals surface area contributed by atoms with Gasteiger partial charge in [-0.15, -0.1) is 0 Å². The number of nitrogens with one attached hydrogen (secondary N) is 1. The summed E-state index contributed by atoms with van der Waals surface area (Å²) >= 11 is 6.14. The third-order valence-corrected chi connectivity index (χ3v) is 4.70. The van der Waals surface area contributed by atoms with Crippen LogP contribution in [0.25, 0.3) is 0 Å². The highest BCUT2D eigenvalue weighted by Crippen LogP contribution is 2.26. The molecule has 0 bridgehead atoms. The third kappa shape index (κ3) is 3.80. The fourth-order valence-corrected chi connectivity index (χ4v) is 3.29. The van der Waals surface area contributed by atoms with Crippen LogP contribution in [-0.2, 0) is 19.5 Å². The number of anilines is 1. The summed E-state index contributed by atoms with van der Waals surface area (Å²) in [6, 6.07) is 0. The minimum Gasteiger partial charge on any atom is -0.360 e. The Kier molecular flexibility index (Phi) is 5.73. The molecule has 0 spiro atoms. The third-order valence-electron chi connectivity index (χ3n) is 4.33. The van der Waals surface area contributed by atoms with Gasteiger partial charge in [0.25, 0.3) is 5.56 Å². The number of hydrogen-bond acceptors (Lipinski definition) is 4. The molecule has 0 fully saturated rings. The lowest BCUT2D eigenvalue weighted by Crippen LogP contribution is -2.35. The summed E-state index contributed by atoms with van der Waals surface area (Å²) in [5, 5.41) is 6.38. The van der Waals surface area contributed by atoms with Crippen LogP contribution in [-0.4, -0.2) is 26.3 Å². The second kappa shape index (κ2) is 8.19. The van der Waals surface area contributed by atoms with E-state index in [2.05, 4.69) is 31.9 Å². The second-order valence-corrected chi connectivity index (χ2v) is 6.46. The fourth-order valence-electron chi connectivity index (χ4n) is 3.08. The minimum absolute atomic E-state index is 0.171. The van der Waals surface area contributed by atoms with Gasteiger partial charge in [-0.05, 0) is 19.4 Å². The molecule has 7 heteroatoms. The summed E-state index contributed by atoms with van der Waals surface area (Å²) < 4.78 is 2.25. The van der Waals surface area contributed by atoms with Gasteiger partial charge in [0, 0.05) is 31.4 Å². The van der Waals surface area contributed by atoms with E-state index in [1.54, 1.807) is 6.20 Å². The van der Waals surface area contributed by atoms with Gasteiger partial charge < -0.3 is 9.47 Å². The van der Waals surface area contributed by atoms with Gasteiger partial charge >= 0.3 is 0 Å². The molecule has 0 radical (unpaired) electrons. The number of aromatic nitrogens is 4. The summed E-state index contributed by atoms with van der Waals surface area (Å²) in [6.07, 6.45) is 14.7. The van der Waals surface area contributed by atoms with E-state index in [4.69, 9.17) is 11.6 Å². The van der Waals surface area contributed by atoms with Crippen LogP contribution in [0.2, 0.25) is 5.02 Å². The molecule has 3 heterocycles. The molecule has 2 aromatic rings. The summed E-state index contributed by atoms with van der Waals surface area (Å²) in [5.41, 5.74) is 2.69. The minimum atomic E-state index is -0.371. The summed E-state index contributed by atoms with van der Waals surface area (Å²) in [4.78, 5) is 18.3. The van der Waals surface area contributed by atoms with E-state index in [9.17, 15) is 4.79 Å². The highest BCUT2D eigenvalue weighted by atomic mass is 35.5. The SMILES string of the molecule is C\C=C/C=C(\C=C/C)Cc1cnc2n1CCN(c1cn[nH]c(=O)c1Cl)C2. The predicted octanol–water partition coefficient (Wildman–Crippen LogP) is 3.26. The fraction of sp³-hybridized carbons (Fsp3) is 0.316. The molecule has 3 rings (SSSR count). The largest absolute Gasteiger partial charge is 0.360 e. The first-order chi connectivity index (χ1) is 12.6. The summed E-state index contributed by atoms with van der Waals surface area (Å²) in [7, 11) is 0. The normalized spacial score (nSPS) is 15.2. The number of nitrogens with zero attached hydrogens (tertiary/aromatic N) is 4. The van der Waals surface area contributed by atoms with E-state index in [-0.39, 0.29) is 10.6 Å². The summed E-state index contributed by atoms with van der Waals surface area (Å²) in [6.45, 7) is 6.17. The van der Waals surface area contributed by atoms with E-state index in [1.165, 1.54) is 11.3 Å². The monoisotopic (exact) mass is 371 g/mol. The van der Waals surface area contributed by atoms with Crippen molar-refractivity contribution in [3.05, 3.63) is 75.2 Å². The van der Waals surface area contributed by atoms with Crippen LogP contribution in [0.5, 0.6) is 0 Å². The van der Waals surface area contributed by atoms with Gasteiger partial charge in [0.15, 0.2) is 0 Å². The molecular formula is C19H22ClN5O. The van der Waals surface area contributed by atoms with Crippen LogP contribution in [0, 0.1) is 0 Å². The Morgan fingerprint density at radius 1 is 1.31 bits per heavy atom. The maximum absolute atomic E-state index is 11.7. The number of H-pyrrole nitrogens is 1. The standard InChI is InChI=1S/C19H22ClN5O/c1-3-5-7-14(6-4-2)10-15-11-21-17-13-24(8-9-25(15)17)16-12-22-23-19(26)18(16)20/h3-7,11-12H,8-10,13H2,1-2H3,(H,23,26)/b5-3-,6-4-,14-7+. The maximum atomic E-state index is 11.7. The predicted molar refractivity (Wildman–Crippen MR) is 105 cm³/mol. The van der Waals surface area contributed by atoms with E-state index >= 15 is 0 Å². The molecule has 1 aliphatic rings. The molecular weight excluding hydrogens is 350 g/mol. The average molecular weight is 372 g/mol. The second-order valence-electron chi connectivity index (χ2n) is 6.08. The lowest BCUT2D eigenvalue weighted by Gasteiger charge is -2.30. The Bertz CT molecular complexity index is 922. The van der Waals surface area contributed by atoms with Crippen LogP contribution in [0.3, 0.4) is 0 Å². The van der Waals surface area contributed by atoms with Gasteiger partial charge in [0.1, 0.15) is 10.8 Å². The molecule has 0 saturated heterocycles. The Labute approximate surface area is 157 Å². The molecule has 6 nitrogen and oxygen atoms in total. The van der Waals surface area contributed by atoms with Crippen molar-refractivity contribution in [1.82, 2.24) is 19.7 Å². The van der Waals surface area contributed by atoms with Crippen molar-refractivity contribution in [2.45, 2.75) is 33.4 Å². The van der Waals surface area contributed by atoms with Gasteiger partial charge in [-0.2, -0.15) is 5.10 Å². The van der Waals surface area contributed by atoms with E-state index < -0.39 is 0 Å². The van der Waals surface area contributed by atoms with E-state index in [0.29, 0.717) is 12.2 Å². The maximum Gasteiger partial charge on any atom is 0.285 e. The van der Waals surface area contributed by atoms with Gasteiger partial charge in [-0.3, -0.25) is 4.79 Å². The van der Waals surface area contributed by atoms with Gasteiger partial charge in [0.05, 0.1) is 18.4 Å². The van der Waals surface area contributed by atoms with E-state index in [1.807, 2.05) is 43.2 Å². The van der Waals surface area contributed by atoms with Crippen molar-refractivity contribution in [3.8, 4) is 0 Å². The molecule has 1 aliphatic heterocycles. The van der Waals surface area contributed by atoms with Gasteiger partial charge in [-0.1, -0.05) is 42.0 Å². The number of allylic oxidation sites excluding steroid dienone is 6. The Morgan fingerprint density at radius 3 is 2.92 bits per heavy atom. The molecule has 0 atom stereocenters. The van der Waals surface area contributed by atoms with E-state index in [0.717, 1.165) is 25.3 Å². The molecule has 0 amide bonds. The highest BCUT2D eigenvalue weighted by molar-refractivity contribution is 6.32. The number of halogens is 1. The Morgan fingerprint density at radius 2 is 2.15 bits per heavy atom. The van der Waals surface area contributed by atoms with Crippen LogP contribution in [0.15, 0.2) is 53.1 Å². The molecule has 2 aromatic heterocycles. The lowest BCUT2D eigenvalue weighted by molar-refractivity contribution is 0.546. The molecule has 0 aromatic carbocycles. The zero-order chi connectivity index (χ0) is 18.5. The van der Waals surface area contributed by atoms with Crippen LogP contribution < -0.4 is 10.5 Å². The topological polar surface area (TPSA) is 66.8 Å². The molecule has 136 valence electrons. The van der Waals surface area contributed by atoms with Crippen LogP contribution >= 0.6 is 11.6 Å². The van der Waals surface area contributed by atoms with Crippen molar-refractivity contribution in [2.24, 2.45) is 0 Å². The van der Waals surface area contributed by atoms with Crippen molar-refractivity contribution in [3.63, 3.8) is 0 Å². The molecule has 26 heavy (non-hydrogen) atoms. The van der Waals surface area contributed by atoms with Crippen molar-refractivity contribution < 1.29 is 0 Å². The zero-order valence-electron chi connectivity index (χ0n) is 14.9. The number of imidazole rings is 1. The number of aromatic amines is 1. The number of fused-ring (bicyclic) bond motifs is 1. The Balaban J connectivity index is 1.82. The van der Waals surface area contributed by atoms with Crippen molar-refractivity contribution in [2.75, 3.05) is 11.4 Å². The number of hydrogen-bond donors (Lipinski definition) is 1. The molecule has 0 saturated carbocycles. The molecule has 0 aliphatic carbocycles. The van der Waals surface area contributed by atoms with Crippen LogP contribution in [0.1, 0.15) is 25.4 Å². The average Bonchev–Trinajstić information content (AvgIpc) is 3.04. The molecule has 1 N–H and O–H groups in total. The highest BCUT2D eigenvalue weighted by Gasteiger charge is 2.22. The first kappa shape index (κ1) is 18.2. The van der Waals surface area contributed by atoms with Crippen LogP contribution in [0.4, 0.5) is 5.69 Å². The quantitative estimate of drug-likeness (QED) is 0.819. The summed E-state index contributed by atoms with van der Waals surface area (Å²) in [5.74, 6) is 0.966. The zero-order valence-corrected chi connectivity index (χ0v) is 15.7. The molecule has 0 unspecified atom stereocenters. The smallest absolute Gasteiger partial charge is 0.285 e. The Hall–Kier alpha value is -2.60. The lowest BCUT2D eigenvalue weighted by atomic mass is 10.1. The van der Waals surface area contributed by atoms with Crippen molar-refractivity contribution >= 4 is 17.3 Å². The van der Waals surface area contributed by atoms with Crippen molar-refractivity contribution in [1.29, 1.82) is 0 Å². The van der Waals surface area contributed by atoms with Gasteiger partial charge in [0.2, 0.25) is 0 Å². The number of rotatable bonds is 5.